The SMILES string of the molecule is CN(C)CCc1nc(-c2ccccn2)c(C(=O)O)s1. The first-order valence-electron chi connectivity index (χ1n) is 5.87. The number of thiazole rings is 1. The molecule has 0 saturated heterocycles. The van der Waals surface area contributed by atoms with Crippen LogP contribution in [0.5, 0.6) is 0 Å². The van der Waals surface area contributed by atoms with Crippen molar-refractivity contribution < 1.29 is 9.90 Å². The van der Waals surface area contributed by atoms with Gasteiger partial charge in [0, 0.05) is 19.2 Å². The van der Waals surface area contributed by atoms with Crippen molar-refractivity contribution in [2.75, 3.05) is 20.6 Å². The van der Waals surface area contributed by atoms with Crippen LogP contribution >= 0.6 is 11.3 Å². The van der Waals surface area contributed by atoms with E-state index in [-0.39, 0.29) is 4.88 Å². The maximum atomic E-state index is 11.3. The third-order valence-corrected chi connectivity index (χ3v) is 3.65. The fourth-order valence-corrected chi connectivity index (χ4v) is 2.51. The molecule has 2 heterocycles. The van der Waals surface area contributed by atoms with Gasteiger partial charge in [-0.15, -0.1) is 11.3 Å². The number of likely N-dealkylation sites (N-methyl/N-ethyl adjacent to an activating group) is 1. The van der Waals surface area contributed by atoms with E-state index in [1.54, 1.807) is 18.3 Å². The van der Waals surface area contributed by atoms with Crippen LogP contribution in [-0.2, 0) is 6.42 Å². The molecule has 0 aliphatic carbocycles. The molecule has 6 heteroatoms. The lowest BCUT2D eigenvalue weighted by Gasteiger charge is -2.06. The largest absolute Gasteiger partial charge is 0.477 e. The van der Waals surface area contributed by atoms with Crippen LogP contribution in [0.2, 0.25) is 0 Å². The van der Waals surface area contributed by atoms with Crippen molar-refractivity contribution >= 4 is 17.3 Å². The number of pyridine rings is 1. The molecule has 2 rings (SSSR count). The topological polar surface area (TPSA) is 66.3 Å². The van der Waals surface area contributed by atoms with Gasteiger partial charge >= 0.3 is 5.97 Å². The van der Waals surface area contributed by atoms with Crippen molar-refractivity contribution in [3.63, 3.8) is 0 Å². The van der Waals surface area contributed by atoms with Crippen molar-refractivity contribution in [2.45, 2.75) is 6.42 Å². The molecule has 0 radical (unpaired) electrons. The van der Waals surface area contributed by atoms with Gasteiger partial charge in [0.25, 0.3) is 0 Å². The van der Waals surface area contributed by atoms with Gasteiger partial charge in [0.1, 0.15) is 10.6 Å². The molecule has 100 valence electrons. The molecule has 0 spiro atoms. The lowest BCUT2D eigenvalue weighted by molar-refractivity contribution is 0.0702. The minimum Gasteiger partial charge on any atom is -0.477 e. The van der Waals surface area contributed by atoms with E-state index in [4.69, 9.17) is 0 Å². The van der Waals surface area contributed by atoms with Crippen LogP contribution in [0.3, 0.4) is 0 Å². The number of nitrogens with zero attached hydrogens (tertiary/aromatic N) is 3. The Kier molecular flexibility index (Phi) is 4.24. The van der Waals surface area contributed by atoms with Crippen LogP contribution in [0, 0.1) is 0 Å². The van der Waals surface area contributed by atoms with Crippen LogP contribution in [0.15, 0.2) is 24.4 Å². The second-order valence-corrected chi connectivity index (χ2v) is 5.44. The molecule has 0 aliphatic heterocycles. The summed E-state index contributed by atoms with van der Waals surface area (Å²) in [6, 6.07) is 5.40. The quantitative estimate of drug-likeness (QED) is 0.905. The highest BCUT2D eigenvalue weighted by Gasteiger charge is 2.19. The summed E-state index contributed by atoms with van der Waals surface area (Å²) in [5, 5.41) is 10.1. The smallest absolute Gasteiger partial charge is 0.348 e. The van der Waals surface area contributed by atoms with Crippen molar-refractivity contribution in [3.05, 3.63) is 34.3 Å². The summed E-state index contributed by atoms with van der Waals surface area (Å²) >= 11 is 1.23. The van der Waals surface area contributed by atoms with Gasteiger partial charge in [-0.3, -0.25) is 4.98 Å². The molecule has 0 aromatic carbocycles. The van der Waals surface area contributed by atoms with Gasteiger partial charge < -0.3 is 10.0 Å². The van der Waals surface area contributed by atoms with Crippen molar-refractivity contribution in [1.29, 1.82) is 0 Å². The molecule has 2 aromatic heterocycles. The zero-order valence-corrected chi connectivity index (χ0v) is 11.6. The van der Waals surface area contributed by atoms with Crippen LogP contribution in [0.1, 0.15) is 14.7 Å². The van der Waals surface area contributed by atoms with Crippen LogP contribution < -0.4 is 0 Å². The fraction of sp³-hybridized carbons (Fsp3) is 0.308. The van der Waals surface area contributed by atoms with Gasteiger partial charge in [0.05, 0.1) is 10.7 Å². The summed E-state index contributed by atoms with van der Waals surface area (Å²) in [6.45, 7) is 0.841. The summed E-state index contributed by atoms with van der Waals surface area (Å²) < 4.78 is 0. The summed E-state index contributed by atoms with van der Waals surface area (Å²) in [6.07, 6.45) is 2.38. The summed E-state index contributed by atoms with van der Waals surface area (Å²) in [7, 11) is 3.96. The van der Waals surface area contributed by atoms with Crippen molar-refractivity contribution in [1.82, 2.24) is 14.9 Å². The first-order valence-corrected chi connectivity index (χ1v) is 6.68. The van der Waals surface area contributed by atoms with E-state index < -0.39 is 5.97 Å². The monoisotopic (exact) mass is 277 g/mol. The number of hydrogen-bond acceptors (Lipinski definition) is 5. The van der Waals surface area contributed by atoms with Crippen molar-refractivity contribution in [3.8, 4) is 11.4 Å². The third kappa shape index (κ3) is 3.36. The van der Waals surface area contributed by atoms with E-state index in [0.717, 1.165) is 18.0 Å². The van der Waals surface area contributed by atoms with E-state index >= 15 is 0 Å². The fourth-order valence-electron chi connectivity index (χ4n) is 1.61. The Morgan fingerprint density at radius 2 is 2.21 bits per heavy atom. The highest BCUT2D eigenvalue weighted by molar-refractivity contribution is 7.14. The second kappa shape index (κ2) is 5.90. The molecule has 0 fully saturated rings. The number of aromatic nitrogens is 2. The normalized spacial score (nSPS) is 10.9. The first-order chi connectivity index (χ1) is 9.08. The number of aromatic carboxylic acids is 1. The predicted molar refractivity (Wildman–Crippen MR) is 74.6 cm³/mol. The van der Waals surface area contributed by atoms with E-state index in [9.17, 15) is 9.90 Å². The minimum atomic E-state index is -0.950. The number of carbonyl (C=O) groups is 1. The molecule has 5 nitrogen and oxygen atoms in total. The molecule has 0 atom stereocenters. The van der Waals surface area contributed by atoms with E-state index in [1.165, 1.54) is 11.3 Å². The average Bonchev–Trinajstić information content (AvgIpc) is 2.82. The molecule has 0 saturated carbocycles. The number of rotatable bonds is 5. The molecule has 0 aliphatic rings. The Morgan fingerprint density at radius 1 is 1.42 bits per heavy atom. The van der Waals surface area contributed by atoms with Gasteiger partial charge in [-0.25, -0.2) is 9.78 Å². The van der Waals surface area contributed by atoms with Gasteiger partial charge in [0.15, 0.2) is 0 Å². The van der Waals surface area contributed by atoms with Crippen LogP contribution in [0.25, 0.3) is 11.4 Å². The van der Waals surface area contributed by atoms with E-state index in [1.807, 2.05) is 25.1 Å². The van der Waals surface area contributed by atoms with Gasteiger partial charge in [-0.05, 0) is 26.2 Å². The zero-order valence-electron chi connectivity index (χ0n) is 10.8. The molecular weight excluding hydrogens is 262 g/mol. The molecule has 0 bridgehead atoms. The molecule has 2 aromatic rings. The second-order valence-electron chi connectivity index (χ2n) is 4.36. The summed E-state index contributed by atoms with van der Waals surface area (Å²) in [5.41, 5.74) is 1.07. The van der Waals surface area contributed by atoms with E-state index in [2.05, 4.69) is 9.97 Å². The van der Waals surface area contributed by atoms with E-state index in [0.29, 0.717) is 11.4 Å². The zero-order chi connectivity index (χ0) is 13.8. The number of carboxylic acids is 1. The summed E-state index contributed by atoms with van der Waals surface area (Å²) in [5.74, 6) is -0.950. The molecule has 19 heavy (non-hydrogen) atoms. The molecule has 1 N–H and O–H groups in total. The minimum absolute atomic E-state index is 0.257. The Labute approximate surface area is 115 Å². The molecular formula is C13H15N3O2S. The third-order valence-electron chi connectivity index (χ3n) is 2.55. The maximum absolute atomic E-state index is 11.3. The Bertz CT molecular complexity index is 567. The number of hydrogen-bond donors (Lipinski definition) is 1. The average molecular weight is 277 g/mol. The predicted octanol–water partition coefficient (Wildman–Crippen LogP) is 2.01. The highest BCUT2D eigenvalue weighted by atomic mass is 32.1. The first kappa shape index (κ1) is 13.6. The van der Waals surface area contributed by atoms with Crippen molar-refractivity contribution in [2.24, 2.45) is 0 Å². The molecule has 0 unspecified atom stereocenters. The standard InChI is InChI=1S/C13H15N3O2S/c1-16(2)8-6-10-15-11(12(19-10)13(17)18)9-5-3-4-7-14-9/h3-5,7H,6,8H2,1-2H3,(H,17,18). The molecule has 0 amide bonds. The number of carboxylic acid groups (broad SMARTS) is 1. The van der Waals surface area contributed by atoms with Gasteiger partial charge in [-0.1, -0.05) is 6.07 Å². The summed E-state index contributed by atoms with van der Waals surface area (Å²) in [4.78, 5) is 22.2. The Balaban J connectivity index is 2.34. The Hall–Kier alpha value is -1.79. The van der Waals surface area contributed by atoms with Crippen LogP contribution in [-0.4, -0.2) is 46.6 Å². The van der Waals surface area contributed by atoms with Gasteiger partial charge in [-0.2, -0.15) is 0 Å². The lowest BCUT2D eigenvalue weighted by atomic mass is 10.2. The lowest BCUT2D eigenvalue weighted by Crippen LogP contribution is -2.14. The Morgan fingerprint density at radius 3 is 2.79 bits per heavy atom. The highest BCUT2D eigenvalue weighted by Crippen LogP contribution is 2.27. The maximum Gasteiger partial charge on any atom is 0.348 e. The van der Waals surface area contributed by atoms with Gasteiger partial charge in [0.2, 0.25) is 0 Å². The van der Waals surface area contributed by atoms with Crippen LogP contribution in [0.4, 0.5) is 0 Å².